The molecule has 0 aliphatic rings. The van der Waals surface area contributed by atoms with Gasteiger partial charge in [-0.25, -0.2) is 4.98 Å². The van der Waals surface area contributed by atoms with Crippen LogP contribution in [0.3, 0.4) is 0 Å². The van der Waals surface area contributed by atoms with Crippen LogP contribution in [-0.4, -0.2) is 4.98 Å². The number of nitrogens with zero attached hydrogens (tertiary/aromatic N) is 1. The van der Waals surface area contributed by atoms with Gasteiger partial charge >= 0.3 is 0 Å². The van der Waals surface area contributed by atoms with Crippen LogP contribution < -0.4 is 0 Å². The fraction of sp³-hybridized carbons (Fsp3) is 0.308. The molecule has 0 fully saturated rings. The zero-order valence-corrected chi connectivity index (χ0v) is 11.2. The molecule has 2 rings (SSSR count). The summed E-state index contributed by atoms with van der Waals surface area (Å²) in [5.41, 5.74) is 4.84. The highest BCUT2D eigenvalue weighted by molar-refractivity contribution is 7.12. The normalized spacial score (nSPS) is 10.8. The summed E-state index contributed by atoms with van der Waals surface area (Å²) in [5, 5.41) is 0.995. The van der Waals surface area contributed by atoms with Crippen LogP contribution in [0.2, 0.25) is 0 Å². The number of rotatable bonds is 2. The van der Waals surface area contributed by atoms with Gasteiger partial charge in [-0.1, -0.05) is 17.7 Å². The Morgan fingerprint density at radius 2 is 2.00 bits per heavy atom. The van der Waals surface area contributed by atoms with Gasteiger partial charge in [-0.3, -0.25) is 0 Å². The average molecular weight is 252 g/mol. The Labute approximate surface area is 105 Å². The molecule has 0 unspecified atom stereocenters. The van der Waals surface area contributed by atoms with Gasteiger partial charge in [0.25, 0.3) is 0 Å². The molecule has 0 atom stereocenters. The number of thiazole rings is 1. The highest BCUT2D eigenvalue weighted by Crippen LogP contribution is 2.30. The van der Waals surface area contributed by atoms with Gasteiger partial charge < -0.3 is 0 Å². The second kappa shape index (κ2) is 4.56. The lowest BCUT2D eigenvalue weighted by Crippen LogP contribution is -1.87. The summed E-state index contributed by atoms with van der Waals surface area (Å²) in [6.45, 7) is 6.33. The van der Waals surface area contributed by atoms with Crippen molar-refractivity contribution >= 4 is 22.9 Å². The summed E-state index contributed by atoms with van der Waals surface area (Å²) >= 11 is 7.50. The number of hydrogen-bond donors (Lipinski definition) is 0. The van der Waals surface area contributed by atoms with E-state index >= 15 is 0 Å². The highest BCUT2D eigenvalue weighted by atomic mass is 35.5. The van der Waals surface area contributed by atoms with Crippen molar-refractivity contribution < 1.29 is 0 Å². The van der Waals surface area contributed by atoms with Gasteiger partial charge in [-0.05, 0) is 32.4 Å². The number of aromatic nitrogens is 1. The minimum atomic E-state index is 0.496. The molecule has 0 radical (unpaired) electrons. The Morgan fingerprint density at radius 1 is 1.25 bits per heavy atom. The number of halogens is 1. The van der Waals surface area contributed by atoms with Crippen molar-refractivity contribution in [2.45, 2.75) is 26.7 Å². The van der Waals surface area contributed by atoms with Gasteiger partial charge in [0.1, 0.15) is 5.01 Å². The Bertz CT molecular complexity index is 517. The predicted octanol–water partition coefficient (Wildman–Crippen LogP) is 4.47. The SMILES string of the molecule is Cc1ccc(C)c(-c2nc(CCl)sc2C)c1. The first kappa shape index (κ1) is 11.6. The summed E-state index contributed by atoms with van der Waals surface area (Å²) in [6, 6.07) is 6.46. The molecular weight excluding hydrogens is 238 g/mol. The van der Waals surface area contributed by atoms with Crippen LogP contribution in [0.15, 0.2) is 18.2 Å². The second-order valence-electron chi connectivity index (χ2n) is 3.96. The van der Waals surface area contributed by atoms with Crippen molar-refractivity contribution in [3.63, 3.8) is 0 Å². The molecule has 0 spiro atoms. The van der Waals surface area contributed by atoms with E-state index in [9.17, 15) is 0 Å². The predicted molar refractivity (Wildman–Crippen MR) is 71.3 cm³/mol. The molecule has 0 N–H and O–H groups in total. The van der Waals surface area contributed by atoms with E-state index in [1.807, 2.05) is 0 Å². The standard InChI is InChI=1S/C13H14ClNS/c1-8-4-5-9(2)11(6-8)13-10(3)16-12(7-14)15-13/h4-6H,7H2,1-3H3. The Balaban J connectivity index is 2.57. The van der Waals surface area contributed by atoms with Crippen LogP contribution in [0.25, 0.3) is 11.3 Å². The molecule has 1 heterocycles. The maximum Gasteiger partial charge on any atom is 0.108 e. The second-order valence-corrected chi connectivity index (χ2v) is 5.52. The minimum Gasteiger partial charge on any atom is -0.240 e. The molecule has 84 valence electrons. The molecule has 0 saturated heterocycles. The highest BCUT2D eigenvalue weighted by Gasteiger charge is 2.11. The zero-order chi connectivity index (χ0) is 11.7. The molecule has 0 saturated carbocycles. The van der Waals surface area contributed by atoms with Gasteiger partial charge in [-0.15, -0.1) is 22.9 Å². The molecule has 0 bridgehead atoms. The lowest BCUT2D eigenvalue weighted by atomic mass is 10.0. The molecule has 0 amide bonds. The lowest BCUT2D eigenvalue weighted by Gasteiger charge is -2.05. The van der Waals surface area contributed by atoms with E-state index in [1.165, 1.54) is 21.6 Å². The smallest absolute Gasteiger partial charge is 0.108 e. The third-order valence-electron chi connectivity index (χ3n) is 2.60. The van der Waals surface area contributed by atoms with Crippen molar-refractivity contribution in [2.75, 3.05) is 0 Å². The van der Waals surface area contributed by atoms with Crippen LogP contribution in [0.5, 0.6) is 0 Å². The molecular formula is C13H14ClNS. The molecule has 0 aliphatic heterocycles. The van der Waals surface area contributed by atoms with Crippen molar-refractivity contribution in [2.24, 2.45) is 0 Å². The first-order valence-corrected chi connectivity index (χ1v) is 6.57. The van der Waals surface area contributed by atoms with E-state index in [0.717, 1.165) is 10.7 Å². The van der Waals surface area contributed by atoms with Crippen LogP contribution in [0.1, 0.15) is 21.0 Å². The van der Waals surface area contributed by atoms with Gasteiger partial charge in [0, 0.05) is 10.4 Å². The monoisotopic (exact) mass is 251 g/mol. The van der Waals surface area contributed by atoms with Gasteiger partial charge in [0.15, 0.2) is 0 Å². The molecule has 3 heteroatoms. The largest absolute Gasteiger partial charge is 0.240 e. The zero-order valence-electron chi connectivity index (χ0n) is 9.67. The van der Waals surface area contributed by atoms with Crippen LogP contribution in [0.4, 0.5) is 0 Å². The molecule has 1 aromatic carbocycles. The summed E-state index contributed by atoms with van der Waals surface area (Å²) in [4.78, 5) is 5.83. The van der Waals surface area contributed by atoms with E-state index in [2.05, 4.69) is 44.0 Å². The third kappa shape index (κ3) is 2.13. The molecule has 16 heavy (non-hydrogen) atoms. The van der Waals surface area contributed by atoms with E-state index in [1.54, 1.807) is 11.3 Å². The van der Waals surface area contributed by atoms with Gasteiger partial charge in [0.2, 0.25) is 0 Å². The van der Waals surface area contributed by atoms with Crippen LogP contribution in [0, 0.1) is 20.8 Å². The third-order valence-corrected chi connectivity index (χ3v) is 3.99. The minimum absolute atomic E-state index is 0.496. The Hall–Kier alpha value is -0.860. The van der Waals surface area contributed by atoms with E-state index < -0.39 is 0 Å². The summed E-state index contributed by atoms with van der Waals surface area (Å²) in [5.74, 6) is 0.496. The molecule has 1 aromatic heterocycles. The number of aryl methyl sites for hydroxylation is 3. The maximum atomic E-state index is 5.82. The molecule has 0 aliphatic carbocycles. The van der Waals surface area contributed by atoms with E-state index in [-0.39, 0.29) is 0 Å². The quantitative estimate of drug-likeness (QED) is 0.718. The van der Waals surface area contributed by atoms with Crippen molar-refractivity contribution in [3.05, 3.63) is 39.2 Å². The average Bonchev–Trinajstić information content (AvgIpc) is 2.63. The number of hydrogen-bond acceptors (Lipinski definition) is 2. The Kier molecular flexibility index (Phi) is 3.31. The van der Waals surface area contributed by atoms with Gasteiger partial charge in [-0.2, -0.15) is 0 Å². The van der Waals surface area contributed by atoms with Gasteiger partial charge in [0.05, 0.1) is 11.6 Å². The first-order chi connectivity index (χ1) is 7.61. The molecule has 2 aromatic rings. The Morgan fingerprint density at radius 3 is 2.62 bits per heavy atom. The topological polar surface area (TPSA) is 12.9 Å². The van der Waals surface area contributed by atoms with Crippen molar-refractivity contribution in [1.29, 1.82) is 0 Å². The fourth-order valence-electron chi connectivity index (χ4n) is 1.75. The van der Waals surface area contributed by atoms with E-state index in [0.29, 0.717) is 5.88 Å². The summed E-state index contributed by atoms with van der Waals surface area (Å²) < 4.78 is 0. The number of benzene rings is 1. The first-order valence-electron chi connectivity index (χ1n) is 5.21. The maximum absolute atomic E-state index is 5.82. The van der Waals surface area contributed by atoms with Crippen molar-refractivity contribution in [1.82, 2.24) is 4.98 Å². The molecule has 1 nitrogen and oxygen atoms in total. The van der Waals surface area contributed by atoms with Crippen LogP contribution >= 0.6 is 22.9 Å². The fourth-order valence-corrected chi connectivity index (χ4v) is 2.77. The lowest BCUT2D eigenvalue weighted by molar-refractivity contribution is 1.24. The van der Waals surface area contributed by atoms with E-state index in [4.69, 9.17) is 11.6 Å². The van der Waals surface area contributed by atoms with Crippen molar-refractivity contribution in [3.8, 4) is 11.3 Å². The number of alkyl halides is 1. The summed E-state index contributed by atoms with van der Waals surface area (Å²) in [6.07, 6.45) is 0. The van der Waals surface area contributed by atoms with Crippen LogP contribution in [-0.2, 0) is 5.88 Å². The summed E-state index contributed by atoms with van der Waals surface area (Å²) in [7, 11) is 0.